The lowest BCUT2D eigenvalue weighted by Crippen LogP contribution is -2.43. The fourth-order valence-corrected chi connectivity index (χ4v) is 2.64. The molecule has 1 rings (SSSR count). The van der Waals surface area contributed by atoms with Crippen LogP contribution in [0.3, 0.4) is 0 Å². The molecule has 1 N–H and O–H groups in total. The molecular formula is C19H30N4O3. The molecule has 0 atom stereocenters. The topological polar surface area (TPSA) is 73.0 Å². The van der Waals surface area contributed by atoms with Crippen molar-refractivity contribution in [3.8, 4) is 0 Å². The van der Waals surface area contributed by atoms with Crippen LogP contribution < -0.4 is 5.32 Å². The van der Waals surface area contributed by atoms with Crippen LogP contribution in [0, 0.1) is 20.8 Å². The van der Waals surface area contributed by atoms with Gasteiger partial charge in [-0.05, 0) is 38.9 Å². The summed E-state index contributed by atoms with van der Waals surface area (Å²) in [6, 6.07) is 4.04. The minimum atomic E-state index is -0.210. The van der Waals surface area contributed by atoms with E-state index >= 15 is 0 Å². The number of hydrogen-bond acceptors (Lipinski definition) is 4. The van der Waals surface area contributed by atoms with Gasteiger partial charge in [-0.25, -0.2) is 0 Å². The van der Waals surface area contributed by atoms with Crippen molar-refractivity contribution in [3.63, 3.8) is 0 Å². The number of benzene rings is 1. The Hall–Kier alpha value is -2.41. The predicted octanol–water partition coefficient (Wildman–Crippen LogP) is 1.03. The van der Waals surface area contributed by atoms with E-state index in [2.05, 4.69) is 5.32 Å². The predicted molar refractivity (Wildman–Crippen MR) is 103 cm³/mol. The molecule has 1 aromatic carbocycles. The van der Waals surface area contributed by atoms with Crippen molar-refractivity contribution >= 4 is 23.4 Å². The molecule has 0 heterocycles. The lowest BCUT2D eigenvalue weighted by molar-refractivity contribution is -0.138. The molecule has 0 bridgehead atoms. The summed E-state index contributed by atoms with van der Waals surface area (Å²) < 4.78 is 0. The van der Waals surface area contributed by atoms with Crippen molar-refractivity contribution in [2.75, 3.05) is 53.1 Å². The number of rotatable bonds is 7. The molecule has 0 saturated heterocycles. The SMILES string of the molecule is Cc1cc(C)c(NC(=O)CN(C)CC(=O)N(C)CC(=O)N(C)C)c(C)c1. The van der Waals surface area contributed by atoms with Crippen LogP contribution in [-0.2, 0) is 14.4 Å². The monoisotopic (exact) mass is 362 g/mol. The summed E-state index contributed by atoms with van der Waals surface area (Å²) in [6.07, 6.45) is 0. The van der Waals surface area contributed by atoms with Crippen LogP contribution >= 0.6 is 0 Å². The third-order valence-electron chi connectivity index (χ3n) is 4.06. The Labute approximate surface area is 155 Å². The number of amides is 3. The van der Waals surface area contributed by atoms with Gasteiger partial charge in [0.25, 0.3) is 0 Å². The smallest absolute Gasteiger partial charge is 0.241 e. The average Bonchev–Trinajstić information content (AvgIpc) is 2.50. The third-order valence-corrected chi connectivity index (χ3v) is 4.06. The zero-order chi connectivity index (χ0) is 20.0. The number of nitrogens with zero attached hydrogens (tertiary/aromatic N) is 3. The summed E-state index contributed by atoms with van der Waals surface area (Å²) in [5.74, 6) is -0.535. The molecule has 3 amide bonds. The van der Waals surface area contributed by atoms with Crippen molar-refractivity contribution < 1.29 is 14.4 Å². The first-order chi connectivity index (χ1) is 12.0. The zero-order valence-corrected chi connectivity index (χ0v) is 16.8. The first-order valence-electron chi connectivity index (χ1n) is 8.51. The molecule has 1 aromatic rings. The van der Waals surface area contributed by atoms with Gasteiger partial charge >= 0.3 is 0 Å². The second-order valence-corrected chi connectivity index (χ2v) is 7.03. The number of anilines is 1. The van der Waals surface area contributed by atoms with Gasteiger partial charge < -0.3 is 15.1 Å². The maximum absolute atomic E-state index is 12.3. The molecular weight excluding hydrogens is 332 g/mol. The number of aryl methyl sites for hydroxylation is 3. The highest BCUT2D eigenvalue weighted by molar-refractivity contribution is 5.94. The van der Waals surface area contributed by atoms with Crippen molar-refractivity contribution in [1.82, 2.24) is 14.7 Å². The number of hydrogen-bond donors (Lipinski definition) is 1. The normalized spacial score (nSPS) is 10.6. The summed E-state index contributed by atoms with van der Waals surface area (Å²) in [7, 11) is 6.57. The van der Waals surface area contributed by atoms with E-state index < -0.39 is 0 Å². The first kappa shape index (κ1) is 21.6. The Bertz CT molecular complexity index is 662. The van der Waals surface area contributed by atoms with E-state index in [0.717, 1.165) is 22.4 Å². The van der Waals surface area contributed by atoms with Crippen molar-refractivity contribution in [2.45, 2.75) is 20.8 Å². The van der Waals surface area contributed by atoms with Crippen LogP contribution in [0.1, 0.15) is 16.7 Å². The molecule has 144 valence electrons. The van der Waals surface area contributed by atoms with E-state index in [1.165, 1.54) is 9.80 Å². The second kappa shape index (κ2) is 9.33. The standard InChI is InChI=1S/C19H30N4O3/c1-13-8-14(2)19(15(3)9-13)20-16(24)10-22(6)11-18(26)23(7)12-17(25)21(4)5/h8-9H,10-12H2,1-7H3,(H,20,24). The van der Waals surface area contributed by atoms with Crippen molar-refractivity contribution in [1.29, 1.82) is 0 Å². The second-order valence-electron chi connectivity index (χ2n) is 7.03. The molecule has 26 heavy (non-hydrogen) atoms. The summed E-state index contributed by atoms with van der Waals surface area (Å²) in [4.78, 5) is 40.6. The van der Waals surface area contributed by atoms with Gasteiger partial charge in [0.2, 0.25) is 17.7 Å². The summed E-state index contributed by atoms with van der Waals surface area (Å²) in [6.45, 7) is 6.11. The van der Waals surface area contributed by atoms with Gasteiger partial charge in [0.1, 0.15) is 0 Å². The fraction of sp³-hybridized carbons (Fsp3) is 0.526. The van der Waals surface area contributed by atoms with Crippen LogP contribution in [0.5, 0.6) is 0 Å². The number of likely N-dealkylation sites (N-methyl/N-ethyl adjacent to an activating group) is 3. The average molecular weight is 362 g/mol. The Morgan fingerprint density at radius 1 is 0.846 bits per heavy atom. The zero-order valence-electron chi connectivity index (χ0n) is 16.8. The highest BCUT2D eigenvalue weighted by Gasteiger charge is 2.17. The van der Waals surface area contributed by atoms with Gasteiger partial charge in [-0.15, -0.1) is 0 Å². The van der Waals surface area contributed by atoms with E-state index in [9.17, 15) is 14.4 Å². The van der Waals surface area contributed by atoms with E-state index in [-0.39, 0.29) is 37.4 Å². The lowest BCUT2D eigenvalue weighted by Gasteiger charge is -2.22. The van der Waals surface area contributed by atoms with E-state index in [1.807, 2.05) is 32.9 Å². The van der Waals surface area contributed by atoms with E-state index in [0.29, 0.717) is 0 Å². The molecule has 0 radical (unpaired) electrons. The van der Waals surface area contributed by atoms with Crippen LogP contribution in [0.4, 0.5) is 5.69 Å². The molecule has 0 aliphatic rings. The van der Waals surface area contributed by atoms with E-state index in [1.54, 1.807) is 33.1 Å². The maximum atomic E-state index is 12.3. The first-order valence-corrected chi connectivity index (χ1v) is 8.51. The number of carbonyl (C=O) groups is 3. The van der Waals surface area contributed by atoms with Crippen LogP contribution in [0.25, 0.3) is 0 Å². The maximum Gasteiger partial charge on any atom is 0.241 e. The molecule has 0 aliphatic carbocycles. The molecule has 0 saturated carbocycles. The lowest BCUT2D eigenvalue weighted by atomic mass is 10.1. The molecule has 7 nitrogen and oxygen atoms in total. The number of carbonyl (C=O) groups excluding carboxylic acids is 3. The van der Waals surface area contributed by atoms with Crippen LogP contribution in [0.2, 0.25) is 0 Å². The Balaban J connectivity index is 2.57. The molecule has 0 aliphatic heterocycles. The molecule has 0 spiro atoms. The van der Waals surface area contributed by atoms with Gasteiger partial charge in [0, 0.05) is 26.8 Å². The molecule has 0 unspecified atom stereocenters. The minimum Gasteiger partial charge on any atom is -0.347 e. The fourth-order valence-electron chi connectivity index (χ4n) is 2.64. The quantitative estimate of drug-likeness (QED) is 0.786. The number of nitrogens with one attached hydrogen (secondary N) is 1. The molecule has 0 aromatic heterocycles. The van der Waals surface area contributed by atoms with Crippen LogP contribution in [-0.4, -0.2) is 80.2 Å². The van der Waals surface area contributed by atoms with E-state index in [4.69, 9.17) is 0 Å². The summed E-state index contributed by atoms with van der Waals surface area (Å²) >= 11 is 0. The van der Waals surface area contributed by atoms with Gasteiger partial charge in [-0.2, -0.15) is 0 Å². The molecule has 7 heteroatoms. The van der Waals surface area contributed by atoms with Gasteiger partial charge in [0.05, 0.1) is 19.6 Å². The highest BCUT2D eigenvalue weighted by atomic mass is 16.2. The highest BCUT2D eigenvalue weighted by Crippen LogP contribution is 2.21. The molecule has 0 fully saturated rings. The largest absolute Gasteiger partial charge is 0.347 e. The van der Waals surface area contributed by atoms with Gasteiger partial charge in [-0.1, -0.05) is 17.7 Å². The van der Waals surface area contributed by atoms with Gasteiger partial charge in [-0.3, -0.25) is 19.3 Å². The minimum absolute atomic E-state index is 0.0215. The summed E-state index contributed by atoms with van der Waals surface area (Å²) in [5, 5.41) is 2.92. The Kier molecular flexibility index (Phi) is 7.76. The summed E-state index contributed by atoms with van der Waals surface area (Å²) in [5.41, 5.74) is 3.98. The van der Waals surface area contributed by atoms with Crippen LogP contribution in [0.15, 0.2) is 12.1 Å². The third kappa shape index (κ3) is 6.48. The van der Waals surface area contributed by atoms with Crippen molar-refractivity contribution in [3.05, 3.63) is 28.8 Å². The van der Waals surface area contributed by atoms with Gasteiger partial charge in [0.15, 0.2) is 0 Å². The Morgan fingerprint density at radius 2 is 1.38 bits per heavy atom. The Morgan fingerprint density at radius 3 is 1.88 bits per heavy atom. The van der Waals surface area contributed by atoms with Crippen molar-refractivity contribution in [2.24, 2.45) is 0 Å².